The Morgan fingerprint density at radius 1 is 1.12 bits per heavy atom. The van der Waals surface area contributed by atoms with Crippen LogP contribution in [0.4, 0.5) is 0 Å². The molecule has 0 aromatic carbocycles. The zero-order valence-electron chi connectivity index (χ0n) is 30.5. The van der Waals surface area contributed by atoms with Crippen LogP contribution in [-0.4, -0.2) is 86.8 Å². The van der Waals surface area contributed by atoms with Gasteiger partial charge in [-0.3, -0.25) is 14.4 Å². The van der Waals surface area contributed by atoms with E-state index in [2.05, 4.69) is 15.3 Å². The summed E-state index contributed by atoms with van der Waals surface area (Å²) < 4.78 is 23.2. The van der Waals surface area contributed by atoms with Crippen molar-refractivity contribution in [3.05, 3.63) is 35.5 Å². The first-order chi connectivity index (χ1) is 24.2. The SMILES string of the molecule is CCOC(=O)[C@@]12C[C@H]1/C=C\CCCCC[C@H](CC(=O)OC(C)(C)C)C(=O)N1C[C@@]3(CC(O)c4c(c(C)nc5ccc(OC)nc45)O3)C[C@H]1C(=O)N2. The molecule has 2 amide bonds. The maximum absolute atomic E-state index is 14.7. The van der Waals surface area contributed by atoms with Gasteiger partial charge in [-0.25, -0.2) is 14.8 Å². The summed E-state index contributed by atoms with van der Waals surface area (Å²) in [4.78, 5) is 66.3. The van der Waals surface area contributed by atoms with Crippen LogP contribution >= 0.6 is 0 Å². The first-order valence-electron chi connectivity index (χ1n) is 18.1. The zero-order chi connectivity index (χ0) is 36.7. The van der Waals surface area contributed by atoms with Gasteiger partial charge in [0.05, 0.1) is 49.6 Å². The molecule has 276 valence electrons. The summed E-state index contributed by atoms with van der Waals surface area (Å²) in [5, 5.41) is 14.8. The Labute approximate surface area is 298 Å². The van der Waals surface area contributed by atoms with Crippen LogP contribution in [0.5, 0.6) is 11.6 Å². The number of rotatable bonds is 5. The second-order valence-corrected chi connectivity index (χ2v) is 15.4. The number of fused-ring (bicyclic) bond motifs is 5. The number of nitrogens with zero attached hydrogens (tertiary/aromatic N) is 3. The molecule has 1 saturated carbocycles. The molecule has 0 bridgehead atoms. The lowest BCUT2D eigenvalue weighted by Gasteiger charge is -2.38. The molecular formula is C38H50N4O9. The van der Waals surface area contributed by atoms with Crippen LogP contribution in [0.2, 0.25) is 0 Å². The van der Waals surface area contributed by atoms with Gasteiger partial charge >= 0.3 is 11.9 Å². The topological polar surface area (TPSA) is 166 Å². The van der Waals surface area contributed by atoms with E-state index in [1.165, 1.54) is 12.0 Å². The fraction of sp³-hybridized carbons (Fsp3) is 0.632. The highest BCUT2D eigenvalue weighted by atomic mass is 16.6. The predicted molar refractivity (Wildman–Crippen MR) is 186 cm³/mol. The van der Waals surface area contributed by atoms with E-state index in [1.54, 1.807) is 46.8 Å². The quantitative estimate of drug-likeness (QED) is 0.334. The molecule has 1 saturated heterocycles. The van der Waals surface area contributed by atoms with Crippen LogP contribution in [-0.2, 0) is 28.7 Å². The summed E-state index contributed by atoms with van der Waals surface area (Å²) in [5.74, 6) is -2.17. The normalized spacial score (nSPS) is 30.1. The van der Waals surface area contributed by atoms with Crippen LogP contribution in [0.1, 0.15) is 103 Å². The van der Waals surface area contributed by atoms with Crippen molar-refractivity contribution in [3.63, 3.8) is 0 Å². The van der Waals surface area contributed by atoms with Crippen LogP contribution in [0.25, 0.3) is 11.0 Å². The van der Waals surface area contributed by atoms with Gasteiger partial charge < -0.3 is 34.3 Å². The highest BCUT2D eigenvalue weighted by Gasteiger charge is 2.63. The molecule has 2 N–H and O–H groups in total. The molecule has 6 rings (SSSR count). The maximum Gasteiger partial charge on any atom is 0.332 e. The summed E-state index contributed by atoms with van der Waals surface area (Å²) in [6, 6.07) is 2.41. The third-order valence-corrected chi connectivity index (χ3v) is 10.4. The number of aromatic nitrogens is 2. The van der Waals surface area contributed by atoms with Gasteiger partial charge in [0.2, 0.25) is 17.7 Å². The number of aliphatic hydroxyl groups excluding tert-OH is 1. The second-order valence-electron chi connectivity index (χ2n) is 15.4. The minimum Gasteiger partial charge on any atom is -0.483 e. The zero-order valence-corrected chi connectivity index (χ0v) is 30.5. The fourth-order valence-corrected chi connectivity index (χ4v) is 7.89. The third-order valence-electron chi connectivity index (χ3n) is 10.4. The summed E-state index contributed by atoms with van der Waals surface area (Å²) in [5.41, 5.74) is -1.14. The maximum atomic E-state index is 14.7. The number of carbonyl (C=O) groups is 4. The monoisotopic (exact) mass is 706 g/mol. The second kappa shape index (κ2) is 14.0. The van der Waals surface area contributed by atoms with Gasteiger partial charge in [-0.05, 0) is 66.4 Å². The van der Waals surface area contributed by atoms with E-state index in [-0.39, 0.29) is 44.2 Å². The van der Waals surface area contributed by atoms with Gasteiger partial charge in [-0.1, -0.05) is 25.0 Å². The Bertz CT molecular complexity index is 1740. The van der Waals surface area contributed by atoms with Gasteiger partial charge in [0, 0.05) is 30.7 Å². The van der Waals surface area contributed by atoms with E-state index < -0.39 is 52.7 Å². The van der Waals surface area contributed by atoms with Crippen molar-refractivity contribution in [2.75, 3.05) is 20.3 Å². The number of ether oxygens (including phenoxy) is 4. The Balaban J connectivity index is 1.38. The largest absolute Gasteiger partial charge is 0.483 e. The number of esters is 2. The first-order valence-corrected chi connectivity index (χ1v) is 18.1. The van der Waals surface area contributed by atoms with Crippen molar-refractivity contribution >= 4 is 34.8 Å². The van der Waals surface area contributed by atoms with Crippen LogP contribution in [0, 0.1) is 18.8 Å². The van der Waals surface area contributed by atoms with Crippen molar-refractivity contribution in [2.45, 2.75) is 121 Å². The number of carbonyl (C=O) groups excluding carboxylic acids is 4. The smallest absolute Gasteiger partial charge is 0.332 e. The molecule has 2 aromatic rings. The van der Waals surface area contributed by atoms with Crippen LogP contribution in [0.15, 0.2) is 24.3 Å². The first kappa shape index (κ1) is 36.5. The molecule has 1 unspecified atom stereocenters. The third kappa shape index (κ3) is 7.40. The van der Waals surface area contributed by atoms with Crippen molar-refractivity contribution in [1.29, 1.82) is 0 Å². The van der Waals surface area contributed by atoms with E-state index >= 15 is 0 Å². The Morgan fingerprint density at radius 3 is 2.63 bits per heavy atom. The molecular weight excluding hydrogens is 656 g/mol. The number of hydrogen-bond donors (Lipinski definition) is 2. The summed E-state index contributed by atoms with van der Waals surface area (Å²) in [7, 11) is 1.51. The Hall–Kier alpha value is -4.26. The fourth-order valence-electron chi connectivity index (χ4n) is 7.89. The Morgan fingerprint density at radius 2 is 1.90 bits per heavy atom. The number of hydrogen-bond acceptors (Lipinski definition) is 11. The molecule has 1 spiro atoms. The lowest BCUT2D eigenvalue weighted by molar-refractivity contribution is -0.159. The van der Waals surface area contributed by atoms with Gasteiger partial charge in [0.15, 0.2) is 0 Å². The van der Waals surface area contributed by atoms with Crippen molar-refractivity contribution in [2.24, 2.45) is 11.8 Å². The molecule has 13 heteroatoms. The van der Waals surface area contributed by atoms with Crippen LogP contribution in [0.3, 0.4) is 0 Å². The molecule has 0 radical (unpaired) electrons. The summed E-state index contributed by atoms with van der Waals surface area (Å²) in [6.45, 7) is 8.97. The lowest BCUT2D eigenvalue weighted by Crippen LogP contribution is -2.54. The van der Waals surface area contributed by atoms with Gasteiger partial charge in [-0.2, -0.15) is 0 Å². The molecule has 2 aromatic heterocycles. The molecule has 13 nitrogen and oxygen atoms in total. The number of amides is 2. The number of allylic oxidation sites excluding steroid dienone is 1. The van der Waals surface area contributed by atoms with E-state index in [4.69, 9.17) is 18.9 Å². The number of methoxy groups -OCH3 is 1. The van der Waals surface area contributed by atoms with Gasteiger partial charge in [0.25, 0.3) is 0 Å². The van der Waals surface area contributed by atoms with E-state index in [1.807, 2.05) is 12.2 Å². The predicted octanol–water partition coefficient (Wildman–Crippen LogP) is 4.41. The highest BCUT2D eigenvalue weighted by molar-refractivity contribution is 5.96. The minimum absolute atomic E-state index is 0.0238. The average molecular weight is 707 g/mol. The lowest BCUT2D eigenvalue weighted by atomic mass is 9.86. The van der Waals surface area contributed by atoms with Crippen LogP contribution < -0.4 is 14.8 Å². The molecule has 4 aliphatic rings. The van der Waals surface area contributed by atoms with Crippen molar-refractivity contribution in [1.82, 2.24) is 20.2 Å². The summed E-state index contributed by atoms with van der Waals surface area (Å²) in [6.07, 6.45) is 6.95. The molecule has 2 fully saturated rings. The number of nitrogens with one attached hydrogen (secondary N) is 1. The molecule has 1 aliphatic carbocycles. The van der Waals surface area contributed by atoms with Gasteiger partial charge in [-0.15, -0.1) is 0 Å². The number of pyridine rings is 2. The average Bonchev–Trinajstić information content (AvgIpc) is 3.64. The minimum atomic E-state index is -1.24. The number of aliphatic hydroxyl groups is 1. The highest BCUT2D eigenvalue weighted by Crippen LogP contribution is 2.50. The van der Waals surface area contributed by atoms with E-state index in [0.29, 0.717) is 53.2 Å². The Kier molecular flexibility index (Phi) is 10.1. The molecule has 5 heterocycles. The van der Waals surface area contributed by atoms with E-state index in [0.717, 1.165) is 19.3 Å². The molecule has 3 aliphatic heterocycles. The van der Waals surface area contributed by atoms with Gasteiger partial charge in [0.1, 0.15) is 34.0 Å². The van der Waals surface area contributed by atoms with Crippen molar-refractivity contribution < 1.29 is 43.2 Å². The van der Waals surface area contributed by atoms with E-state index in [9.17, 15) is 24.3 Å². The molecule has 6 atom stereocenters. The molecule has 51 heavy (non-hydrogen) atoms. The number of aryl methyl sites for hydroxylation is 1. The standard InChI is InChI=1S/C38H50N4O9/c1-7-49-35(47)38-18-24(38)14-12-10-8-9-11-13-23(17-29(44)50-36(3,4)5)34(46)42-21-37(19-26(42)33(45)41-38)20-27(43)30-31-25(15-16-28(40-31)48-6)39-22(2)32(30)51-37/h12,14-16,23-24,26-27,43H,7-11,13,17-21H2,1-6H3,(H,41,45)/b14-12-/t23-,24-,26+,27?,37+,38-/m1/s1. The summed E-state index contributed by atoms with van der Waals surface area (Å²) >= 11 is 0. The van der Waals surface area contributed by atoms with Crippen molar-refractivity contribution in [3.8, 4) is 11.6 Å².